The number of benzene rings is 3. The molecule has 0 bridgehead atoms. The molecule has 138 valence electrons. The third kappa shape index (κ3) is 2.97. The Balaban J connectivity index is 1.89. The van der Waals surface area contributed by atoms with Gasteiger partial charge in [0, 0.05) is 17.2 Å². The van der Waals surface area contributed by atoms with Crippen molar-refractivity contribution in [1.29, 1.82) is 0 Å². The van der Waals surface area contributed by atoms with Crippen LogP contribution in [0.25, 0.3) is 33.7 Å². The summed E-state index contributed by atoms with van der Waals surface area (Å²) in [7, 11) is 0. The molecule has 0 unspecified atom stereocenters. The number of hydrogen-bond donors (Lipinski definition) is 3. The van der Waals surface area contributed by atoms with Crippen molar-refractivity contribution in [3.05, 3.63) is 78.4 Å². The standard InChI is InChI=1S/C22H15NO5/c24-20-15(13-7-3-1-4-8-13)11-16(22(26)27)19(21(20)25)18-12-17(23-28-18)14-9-5-2-6-10-14/h1-12,24-25H,(H,26,27). The minimum absolute atomic E-state index is 0.0451. The fourth-order valence-corrected chi connectivity index (χ4v) is 3.05. The second kappa shape index (κ2) is 6.92. The maximum Gasteiger partial charge on any atom is 0.336 e. The van der Waals surface area contributed by atoms with Gasteiger partial charge in [-0.05, 0) is 11.6 Å². The Bertz CT molecular complexity index is 1150. The molecule has 4 aromatic rings. The van der Waals surface area contributed by atoms with Gasteiger partial charge in [0.25, 0.3) is 0 Å². The molecule has 0 saturated heterocycles. The summed E-state index contributed by atoms with van der Waals surface area (Å²) in [5.41, 5.74) is 1.72. The first kappa shape index (κ1) is 17.4. The Morgan fingerprint density at radius 2 is 1.43 bits per heavy atom. The zero-order chi connectivity index (χ0) is 19.7. The molecular formula is C22H15NO5. The summed E-state index contributed by atoms with van der Waals surface area (Å²) in [6, 6.07) is 20.8. The number of aromatic carboxylic acids is 1. The van der Waals surface area contributed by atoms with E-state index in [1.807, 2.05) is 30.3 Å². The topological polar surface area (TPSA) is 104 Å². The summed E-state index contributed by atoms with van der Waals surface area (Å²) < 4.78 is 5.29. The van der Waals surface area contributed by atoms with Crippen molar-refractivity contribution in [2.45, 2.75) is 0 Å². The van der Waals surface area contributed by atoms with Crippen molar-refractivity contribution in [2.75, 3.05) is 0 Å². The molecule has 0 atom stereocenters. The van der Waals surface area contributed by atoms with Crippen LogP contribution in [0.5, 0.6) is 11.5 Å². The average molecular weight is 373 g/mol. The van der Waals surface area contributed by atoms with Crippen LogP contribution in [0.3, 0.4) is 0 Å². The molecule has 0 aliphatic rings. The lowest BCUT2D eigenvalue weighted by molar-refractivity contribution is 0.0697. The number of rotatable bonds is 4. The van der Waals surface area contributed by atoms with E-state index in [-0.39, 0.29) is 22.5 Å². The highest BCUT2D eigenvalue weighted by Gasteiger charge is 2.26. The van der Waals surface area contributed by atoms with E-state index in [2.05, 4.69) is 5.16 Å². The van der Waals surface area contributed by atoms with Gasteiger partial charge in [0.05, 0.1) is 11.1 Å². The van der Waals surface area contributed by atoms with Crippen LogP contribution in [0.2, 0.25) is 0 Å². The monoisotopic (exact) mass is 373 g/mol. The number of nitrogens with zero attached hydrogens (tertiary/aromatic N) is 1. The Labute approximate surface area is 159 Å². The van der Waals surface area contributed by atoms with Crippen molar-refractivity contribution in [1.82, 2.24) is 5.16 Å². The number of aromatic hydroxyl groups is 2. The molecule has 0 aliphatic carbocycles. The number of phenols is 2. The highest BCUT2D eigenvalue weighted by Crippen LogP contribution is 2.46. The van der Waals surface area contributed by atoms with E-state index < -0.39 is 17.5 Å². The number of aromatic nitrogens is 1. The lowest BCUT2D eigenvalue weighted by Gasteiger charge is -2.12. The third-order valence-corrected chi connectivity index (χ3v) is 4.42. The summed E-state index contributed by atoms with van der Waals surface area (Å²) in [5, 5.41) is 34.8. The predicted octanol–water partition coefficient (Wildman–Crippen LogP) is 4.79. The third-order valence-electron chi connectivity index (χ3n) is 4.42. The van der Waals surface area contributed by atoms with Gasteiger partial charge in [-0.2, -0.15) is 0 Å². The smallest absolute Gasteiger partial charge is 0.336 e. The normalized spacial score (nSPS) is 10.7. The maximum atomic E-state index is 11.9. The summed E-state index contributed by atoms with van der Waals surface area (Å²) in [5.74, 6) is -2.22. The molecule has 28 heavy (non-hydrogen) atoms. The SMILES string of the molecule is O=C(O)c1cc(-c2ccccc2)c(O)c(O)c1-c1cc(-c2ccccc2)no1. The van der Waals surface area contributed by atoms with Crippen molar-refractivity contribution in [3.63, 3.8) is 0 Å². The molecule has 0 spiro atoms. The Kier molecular flexibility index (Phi) is 4.29. The van der Waals surface area contributed by atoms with E-state index >= 15 is 0 Å². The van der Waals surface area contributed by atoms with Crippen LogP contribution >= 0.6 is 0 Å². The number of carbonyl (C=O) groups is 1. The molecule has 6 nitrogen and oxygen atoms in total. The Hall–Kier alpha value is -4.06. The number of hydrogen-bond acceptors (Lipinski definition) is 5. The van der Waals surface area contributed by atoms with Crippen LogP contribution in [0.15, 0.2) is 77.3 Å². The van der Waals surface area contributed by atoms with Gasteiger partial charge in [-0.25, -0.2) is 4.79 Å². The molecule has 4 rings (SSSR count). The number of carboxylic acids is 1. The van der Waals surface area contributed by atoms with Crippen LogP contribution in [0.1, 0.15) is 10.4 Å². The van der Waals surface area contributed by atoms with Crippen LogP contribution in [0.4, 0.5) is 0 Å². The molecule has 3 N–H and O–H groups in total. The Morgan fingerprint density at radius 1 is 0.821 bits per heavy atom. The van der Waals surface area contributed by atoms with E-state index in [4.69, 9.17) is 4.52 Å². The first-order valence-electron chi connectivity index (χ1n) is 8.46. The molecule has 0 fully saturated rings. The highest BCUT2D eigenvalue weighted by molar-refractivity contribution is 6.01. The summed E-state index contributed by atoms with van der Waals surface area (Å²) >= 11 is 0. The largest absolute Gasteiger partial charge is 0.504 e. The minimum atomic E-state index is -1.26. The minimum Gasteiger partial charge on any atom is -0.504 e. The number of carboxylic acid groups (broad SMARTS) is 1. The van der Waals surface area contributed by atoms with Crippen molar-refractivity contribution < 1.29 is 24.6 Å². The van der Waals surface area contributed by atoms with Crippen LogP contribution < -0.4 is 0 Å². The number of phenolic OH excluding ortho intramolecular Hbond substituents is 2. The summed E-state index contributed by atoms with van der Waals surface area (Å²) in [4.78, 5) is 11.9. The molecule has 0 aliphatic heterocycles. The predicted molar refractivity (Wildman–Crippen MR) is 103 cm³/mol. The first-order valence-corrected chi connectivity index (χ1v) is 8.46. The van der Waals surface area contributed by atoms with Crippen molar-refractivity contribution >= 4 is 5.97 Å². The van der Waals surface area contributed by atoms with Crippen LogP contribution in [-0.2, 0) is 0 Å². The van der Waals surface area contributed by atoms with E-state index in [0.29, 0.717) is 11.3 Å². The lowest BCUT2D eigenvalue weighted by Crippen LogP contribution is -2.01. The van der Waals surface area contributed by atoms with Gasteiger partial charge in [-0.15, -0.1) is 0 Å². The Morgan fingerprint density at radius 3 is 2.04 bits per heavy atom. The first-order chi connectivity index (χ1) is 13.6. The fourth-order valence-electron chi connectivity index (χ4n) is 3.05. The van der Waals surface area contributed by atoms with Gasteiger partial charge < -0.3 is 19.8 Å². The van der Waals surface area contributed by atoms with Crippen molar-refractivity contribution in [2.24, 2.45) is 0 Å². The molecule has 0 amide bonds. The van der Waals surface area contributed by atoms with E-state index in [1.165, 1.54) is 12.1 Å². The average Bonchev–Trinajstić information content (AvgIpc) is 3.20. The molecular weight excluding hydrogens is 358 g/mol. The second-order valence-electron chi connectivity index (χ2n) is 6.16. The van der Waals surface area contributed by atoms with E-state index in [0.717, 1.165) is 5.56 Å². The van der Waals surface area contributed by atoms with Gasteiger partial charge in [-0.3, -0.25) is 0 Å². The maximum absolute atomic E-state index is 11.9. The van der Waals surface area contributed by atoms with E-state index in [9.17, 15) is 20.1 Å². The van der Waals surface area contributed by atoms with Gasteiger partial charge >= 0.3 is 5.97 Å². The molecule has 6 heteroatoms. The van der Waals surface area contributed by atoms with Gasteiger partial charge in [0.1, 0.15) is 5.69 Å². The molecule has 0 radical (unpaired) electrons. The highest BCUT2D eigenvalue weighted by atomic mass is 16.5. The fraction of sp³-hybridized carbons (Fsp3) is 0. The zero-order valence-corrected chi connectivity index (χ0v) is 14.5. The molecule has 3 aromatic carbocycles. The van der Waals surface area contributed by atoms with Gasteiger partial charge in [-0.1, -0.05) is 65.8 Å². The molecule has 1 heterocycles. The van der Waals surface area contributed by atoms with Crippen LogP contribution in [-0.4, -0.2) is 26.4 Å². The van der Waals surface area contributed by atoms with Crippen LogP contribution in [0, 0.1) is 0 Å². The quantitative estimate of drug-likeness (QED) is 0.445. The summed E-state index contributed by atoms with van der Waals surface area (Å²) in [6.45, 7) is 0. The van der Waals surface area contributed by atoms with Gasteiger partial charge in [0.15, 0.2) is 17.3 Å². The molecule has 0 saturated carbocycles. The summed E-state index contributed by atoms with van der Waals surface area (Å²) in [6.07, 6.45) is 0. The van der Waals surface area contributed by atoms with E-state index in [1.54, 1.807) is 30.3 Å². The second-order valence-corrected chi connectivity index (χ2v) is 6.16. The molecule has 1 aromatic heterocycles. The lowest BCUT2D eigenvalue weighted by atomic mass is 9.95. The zero-order valence-electron chi connectivity index (χ0n) is 14.5. The van der Waals surface area contributed by atoms with Gasteiger partial charge in [0.2, 0.25) is 0 Å². The van der Waals surface area contributed by atoms with Crippen molar-refractivity contribution in [3.8, 4) is 45.2 Å².